The Bertz CT molecular complexity index is 289. The second kappa shape index (κ2) is 7.09. The number of amides is 1. The van der Waals surface area contributed by atoms with Gasteiger partial charge in [0.2, 0.25) is 5.91 Å². The SMILES string of the molecule is CC(C)CN(CC(F)(F)F)C(=O)CC1CNCCO1. The van der Waals surface area contributed by atoms with E-state index in [9.17, 15) is 18.0 Å². The highest BCUT2D eigenvalue weighted by Crippen LogP contribution is 2.18. The van der Waals surface area contributed by atoms with Gasteiger partial charge >= 0.3 is 6.18 Å². The Balaban J connectivity index is 2.54. The van der Waals surface area contributed by atoms with Crippen molar-refractivity contribution < 1.29 is 22.7 Å². The molecule has 0 aromatic rings. The lowest BCUT2D eigenvalue weighted by molar-refractivity contribution is -0.164. The Morgan fingerprint density at radius 2 is 2.16 bits per heavy atom. The molecule has 1 saturated heterocycles. The maximum atomic E-state index is 12.5. The van der Waals surface area contributed by atoms with Crippen molar-refractivity contribution in [2.75, 3.05) is 32.8 Å². The van der Waals surface area contributed by atoms with Crippen molar-refractivity contribution in [3.63, 3.8) is 0 Å². The van der Waals surface area contributed by atoms with Crippen LogP contribution < -0.4 is 5.32 Å². The molecule has 0 aromatic carbocycles. The van der Waals surface area contributed by atoms with E-state index in [0.29, 0.717) is 19.7 Å². The van der Waals surface area contributed by atoms with Crippen molar-refractivity contribution in [3.05, 3.63) is 0 Å². The number of hydrogen-bond acceptors (Lipinski definition) is 3. The van der Waals surface area contributed by atoms with E-state index in [4.69, 9.17) is 4.74 Å². The lowest BCUT2D eigenvalue weighted by Crippen LogP contribution is -2.45. The molecular weight excluding hydrogens is 261 g/mol. The van der Waals surface area contributed by atoms with Crippen LogP contribution in [0.4, 0.5) is 13.2 Å². The van der Waals surface area contributed by atoms with Crippen molar-refractivity contribution in [1.29, 1.82) is 0 Å². The number of ether oxygens (including phenoxy) is 1. The minimum Gasteiger partial charge on any atom is -0.375 e. The average Bonchev–Trinajstić information content (AvgIpc) is 2.27. The molecule has 1 N–H and O–H groups in total. The molecule has 0 spiro atoms. The van der Waals surface area contributed by atoms with Gasteiger partial charge in [0.15, 0.2) is 0 Å². The molecule has 1 unspecified atom stereocenters. The molecule has 1 heterocycles. The molecule has 1 amide bonds. The molecule has 1 rings (SSSR count). The van der Waals surface area contributed by atoms with Crippen molar-refractivity contribution in [3.8, 4) is 0 Å². The molecular formula is C12H21F3N2O2. The molecule has 7 heteroatoms. The average molecular weight is 282 g/mol. The van der Waals surface area contributed by atoms with E-state index in [1.807, 2.05) is 0 Å². The van der Waals surface area contributed by atoms with Gasteiger partial charge in [0.05, 0.1) is 19.1 Å². The highest BCUT2D eigenvalue weighted by molar-refractivity contribution is 5.76. The molecule has 1 aliphatic rings. The van der Waals surface area contributed by atoms with Crippen molar-refractivity contribution >= 4 is 5.91 Å². The van der Waals surface area contributed by atoms with Crippen LogP contribution in [0.2, 0.25) is 0 Å². The Labute approximate surface area is 111 Å². The van der Waals surface area contributed by atoms with Crippen LogP contribution >= 0.6 is 0 Å². The van der Waals surface area contributed by atoms with Gasteiger partial charge in [-0.25, -0.2) is 0 Å². The molecule has 0 aromatic heterocycles. The fraction of sp³-hybridized carbons (Fsp3) is 0.917. The Hall–Kier alpha value is -0.820. The lowest BCUT2D eigenvalue weighted by atomic mass is 10.1. The first-order valence-corrected chi connectivity index (χ1v) is 6.45. The zero-order chi connectivity index (χ0) is 14.5. The van der Waals surface area contributed by atoms with Crippen molar-refractivity contribution in [2.45, 2.75) is 32.5 Å². The van der Waals surface area contributed by atoms with Gasteiger partial charge in [-0.2, -0.15) is 13.2 Å². The molecule has 1 fully saturated rings. The molecule has 0 bridgehead atoms. The summed E-state index contributed by atoms with van der Waals surface area (Å²) in [5.41, 5.74) is 0. The molecule has 4 nitrogen and oxygen atoms in total. The van der Waals surface area contributed by atoms with E-state index in [1.54, 1.807) is 13.8 Å². The van der Waals surface area contributed by atoms with Gasteiger partial charge < -0.3 is 15.0 Å². The standard InChI is InChI=1S/C12H21F3N2O2/c1-9(2)7-17(8-12(13,14)15)11(18)5-10-6-16-3-4-19-10/h9-10,16H,3-8H2,1-2H3. The number of halogens is 3. The molecule has 19 heavy (non-hydrogen) atoms. The number of rotatable bonds is 5. The fourth-order valence-electron chi connectivity index (χ4n) is 1.99. The minimum atomic E-state index is -4.36. The number of hydrogen-bond donors (Lipinski definition) is 1. The van der Waals surface area contributed by atoms with Gasteiger partial charge in [0.1, 0.15) is 6.54 Å². The quantitative estimate of drug-likeness (QED) is 0.829. The molecule has 112 valence electrons. The zero-order valence-electron chi connectivity index (χ0n) is 11.3. The number of alkyl halides is 3. The third-order valence-electron chi connectivity index (χ3n) is 2.72. The predicted octanol–water partition coefficient (Wildman–Crippen LogP) is 1.41. The summed E-state index contributed by atoms with van der Waals surface area (Å²) in [7, 11) is 0. The number of nitrogens with zero attached hydrogens (tertiary/aromatic N) is 1. The highest BCUT2D eigenvalue weighted by Gasteiger charge is 2.34. The van der Waals surface area contributed by atoms with Crippen molar-refractivity contribution in [1.82, 2.24) is 10.2 Å². The smallest absolute Gasteiger partial charge is 0.375 e. The summed E-state index contributed by atoms with van der Waals surface area (Å²) in [6, 6.07) is 0. The summed E-state index contributed by atoms with van der Waals surface area (Å²) >= 11 is 0. The predicted molar refractivity (Wildman–Crippen MR) is 64.7 cm³/mol. The number of carbonyl (C=O) groups excluding carboxylic acids is 1. The highest BCUT2D eigenvalue weighted by atomic mass is 19.4. The van der Waals surface area contributed by atoms with E-state index < -0.39 is 18.6 Å². The zero-order valence-corrected chi connectivity index (χ0v) is 11.3. The lowest BCUT2D eigenvalue weighted by Gasteiger charge is -2.29. The normalized spacial score (nSPS) is 20.6. The van der Waals surface area contributed by atoms with E-state index in [-0.39, 0.29) is 25.0 Å². The van der Waals surface area contributed by atoms with Crippen LogP contribution in [-0.2, 0) is 9.53 Å². The first-order chi connectivity index (χ1) is 8.78. The third-order valence-corrected chi connectivity index (χ3v) is 2.72. The van der Waals surface area contributed by atoms with E-state index in [2.05, 4.69) is 5.32 Å². The third kappa shape index (κ3) is 6.77. The summed E-state index contributed by atoms with van der Waals surface area (Å²) in [5, 5.41) is 3.05. The monoisotopic (exact) mass is 282 g/mol. The van der Waals surface area contributed by atoms with Crippen LogP contribution in [0, 0.1) is 5.92 Å². The maximum absolute atomic E-state index is 12.5. The van der Waals surface area contributed by atoms with Gasteiger partial charge in [-0.1, -0.05) is 13.8 Å². The Morgan fingerprint density at radius 1 is 1.47 bits per heavy atom. The summed E-state index contributed by atoms with van der Waals surface area (Å²) in [6.45, 7) is 4.20. The number of carbonyl (C=O) groups is 1. The first-order valence-electron chi connectivity index (χ1n) is 6.45. The van der Waals surface area contributed by atoms with Crippen LogP contribution in [0.1, 0.15) is 20.3 Å². The van der Waals surface area contributed by atoms with E-state index in [0.717, 1.165) is 4.90 Å². The Kier molecular flexibility index (Phi) is 6.06. The molecule has 0 radical (unpaired) electrons. The summed E-state index contributed by atoms with van der Waals surface area (Å²) in [6.07, 6.45) is -4.70. The molecule has 0 saturated carbocycles. The maximum Gasteiger partial charge on any atom is 0.406 e. The van der Waals surface area contributed by atoms with Crippen LogP contribution in [0.25, 0.3) is 0 Å². The molecule has 1 aliphatic heterocycles. The number of morpholine rings is 1. The summed E-state index contributed by atoms with van der Waals surface area (Å²) in [4.78, 5) is 12.8. The van der Waals surface area contributed by atoms with Crippen LogP contribution in [0.3, 0.4) is 0 Å². The minimum absolute atomic E-state index is 0.00306. The van der Waals surface area contributed by atoms with E-state index >= 15 is 0 Å². The van der Waals surface area contributed by atoms with Gasteiger partial charge in [-0.05, 0) is 5.92 Å². The first kappa shape index (κ1) is 16.2. The van der Waals surface area contributed by atoms with Gasteiger partial charge in [-0.3, -0.25) is 4.79 Å². The largest absolute Gasteiger partial charge is 0.406 e. The summed E-state index contributed by atoms with van der Waals surface area (Å²) < 4.78 is 42.7. The summed E-state index contributed by atoms with van der Waals surface area (Å²) in [5.74, 6) is -0.503. The van der Waals surface area contributed by atoms with Gasteiger partial charge in [0.25, 0.3) is 0 Å². The number of nitrogens with one attached hydrogen (secondary N) is 1. The van der Waals surface area contributed by atoms with Gasteiger partial charge in [-0.15, -0.1) is 0 Å². The Morgan fingerprint density at radius 3 is 2.63 bits per heavy atom. The topological polar surface area (TPSA) is 41.6 Å². The second-order valence-corrected chi connectivity index (χ2v) is 5.18. The van der Waals surface area contributed by atoms with Crippen molar-refractivity contribution in [2.24, 2.45) is 5.92 Å². The van der Waals surface area contributed by atoms with Crippen LogP contribution in [0.5, 0.6) is 0 Å². The van der Waals surface area contributed by atoms with E-state index in [1.165, 1.54) is 0 Å². The van der Waals surface area contributed by atoms with Gasteiger partial charge in [0, 0.05) is 19.6 Å². The second-order valence-electron chi connectivity index (χ2n) is 5.18. The molecule has 0 aliphatic carbocycles. The fourth-order valence-corrected chi connectivity index (χ4v) is 1.99. The van der Waals surface area contributed by atoms with Crippen LogP contribution in [0.15, 0.2) is 0 Å². The molecule has 1 atom stereocenters. The van der Waals surface area contributed by atoms with Crippen LogP contribution in [-0.4, -0.2) is 55.9 Å².